The van der Waals surface area contributed by atoms with E-state index in [0.29, 0.717) is 35.3 Å². The molecule has 0 saturated heterocycles. The number of halogens is 2. The SMILES string of the molecule is CCNc1cc(C=O)cnc1C(=N)c1cccc(OC(F)F)c1. The lowest BCUT2D eigenvalue weighted by atomic mass is 10.0. The van der Waals surface area contributed by atoms with Gasteiger partial charge in [0.25, 0.3) is 0 Å². The van der Waals surface area contributed by atoms with Gasteiger partial charge >= 0.3 is 6.61 Å². The first-order valence-corrected chi connectivity index (χ1v) is 6.88. The summed E-state index contributed by atoms with van der Waals surface area (Å²) >= 11 is 0. The Labute approximate surface area is 131 Å². The number of hydrogen-bond acceptors (Lipinski definition) is 5. The van der Waals surface area contributed by atoms with Gasteiger partial charge in [-0.3, -0.25) is 15.2 Å². The Balaban J connectivity index is 2.38. The van der Waals surface area contributed by atoms with Crippen molar-refractivity contribution in [2.45, 2.75) is 13.5 Å². The molecule has 0 bridgehead atoms. The van der Waals surface area contributed by atoms with E-state index in [2.05, 4.69) is 15.0 Å². The van der Waals surface area contributed by atoms with Crippen molar-refractivity contribution in [3.8, 4) is 5.75 Å². The van der Waals surface area contributed by atoms with Gasteiger partial charge in [-0.15, -0.1) is 0 Å². The fourth-order valence-electron chi connectivity index (χ4n) is 2.03. The van der Waals surface area contributed by atoms with Crippen LogP contribution in [0.4, 0.5) is 14.5 Å². The van der Waals surface area contributed by atoms with Crippen LogP contribution in [-0.2, 0) is 0 Å². The second-order valence-corrected chi connectivity index (χ2v) is 4.59. The minimum Gasteiger partial charge on any atom is -0.435 e. The van der Waals surface area contributed by atoms with Crippen LogP contribution in [0.25, 0.3) is 0 Å². The molecule has 1 aromatic carbocycles. The van der Waals surface area contributed by atoms with Crippen LogP contribution in [0.3, 0.4) is 0 Å². The minimum absolute atomic E-state index is 0.0308. The minimum atomic E-state index is -2.93. The van der Waals surface area contributed by atoms with E-state index in [0.717, 1.165) is 0 Å². The Morgan fingerprint density at radius 2 is 2.22 bits per heavy atom. The van der Waals surface area contributed by atoms with Crippen LogP contribution in [0.5, 0.6) is 5.75 Å². The van der Waals surface area contributed by atoms with Crippen molar-refractivity contribution in [2.75, 3.05) is 11.9 Å². The van der Waals surface area contributed by atoms with Crippen LogP contribution in [0.1, 0.15) is 28.5 Å². The summed E-state index contributed by atoms with van der Waals surface area (Å²) in [4.78, 5) is 15.0. The summed E-state index contributed by atoms with van der Waals surface area (Å²) in [5.74, 6) is -0.0308. The molecule has 0 fully saturated rings. The lowest BCUT2D eigenvalue weighted by Crippen LogP contribution is -2.11. The predicted octanol–water partition coefficient (Wildman–Crippen LogP) is 3.34. The van der Waals surface area contributed by atoms with Crippen molar-refractivity contribution in [3.63, 3.8) is 0 Å². The fourth-order valence-corrected chi connectivity index (χ4v) is 2.03. The van der Waals surface area contributed by atoms with Gasteiger partial charge in [-0.2, -0.15) is 8.78 Å². The molecule has 1 heterocycles. The van der Waals surface area contributed by atoms with Gasteiger partial charge in [0, 0.05) is 23.9 Å². The van der Waals surface area contributed by atoms with Gasteiger partial charge in [-0.1, -0.05) is 12.1 Å². The highest BCUT2D eigenvalue weighted by Crippen LogP contribution is 2.22. The van der Waals surface area contributed by atoms with E-state index < -0.39 is 6.61 Å². The zero-order chi connectivity index (χ0) is 16.8. The summed E-state index contributed by atoms with van der Waals surface area (Å²) in [5, 5.41) is 11.3. The summed E-state index contributed by atoms with van der Waals surface area (Å²) in [5.41, 5.74) is 1.66. The monoisotopic (exact) mass is 319 g/mol. The molecule has 2 N–H and O–H groups in total. The Morgan fingerprint density at radius 1 is 1.43 bits per heavy atom. The lowest BCUT2D eigenvalue weighted by molar-refractivity contribution is -0.0498. The highest BCUT2D eigenvalue weighted by atomic mass is 19.3. The van der Waals surface area contributed by atoms with Crippen molar-refractivity contribution >= 4 is 17.7 Å². The van der Waals surface area contributed by atoms with Crippen LogP contribution in [0, 0.1) is 5.41 Å². The van der Waals surface area contributed by atoms with Gasteiger partial charge in [0.05, 0.1) is 11.4 Å². The maximum absolute atomic E-state index is 12.3. The molecule has 0 spiro atoms. The Kier molecular flexibility index (Phi) is 5.35. The molecular weight excluding hydrogens is 304 g/mol. The number of pyridine rings is 1. The topological polar surface area (TPSA) is 75.1 Å². The number of ether oxygens (including phenoxy) is 1. The molecule has 0 aliphatic carbocycles. The van der Waals surface area contributed by atoms with Crippen LogP contribution in [0.2, 0.25) is 0 Å². The molecule has 7 heteroatoms. The summed E-state index contributed by atoms with van der Waals surface area (Å²) in [6, 6.07) is 7.45. The van der Waals surface area contributed by atoms with Gasteiger partial charge in [-0.05, 0) is 25.1 Å². The maximum atomic E-state index is 12.3. The molecule has 5 nitrogen and oxygen atoms in total. The first kappa shape index (κ1) is 16.5. The molecule has 1 aromatic heterocycles. The van der Waals surface area contributed by atoms with E-state index in [-0.39, 0.29) is 11.5 Å². The zero-order valence-electron chi connectivity index (χ0n) is 12.3. The number of benzene rings is 1. The van der Waals surface area contributed by atoms with E-state index in [1.807, 2.05) is 6.92 Å². The van der Waals surface area contributed by atoms with Gasteiger partial charge in [0.1, 0.15) is 11.4 Å². The lowest BCUT2D eigenvalue weighted by Gasteiger charge is -2.12. The third-order valence-electron chi connectivity index (χ3n) is 3.00. The largest absolute Gasteiger partial charge is 0.435 e. The number of alkyl halides is 2. The molecule has 0 aliphatic rings. The molecule has 0 saturated carbocycles. The smallest absolute Gasteiger partial charge is 0.387 e. The molecule has 2 rings (SSSR count). The number of hydrogen-bond donors (Lipinski definition) is 2. The van der Waals surface area contributed by atoms with Crippen molar-refractivity contribution in [3.05, 3.63) is 53.3 Å². The number of nitrogens with zero attached hydrogens (tertiary/aromatic N) is 1. The average molecular weight is 319 g/mol. The quantitative estimate of drug-likeness (QED) is 0.606. The van der Waals surface area contributed by atoms with Crippen molar-refractivity contribution in [1.29, 1.82) is 5.41 Å². The van der Waals surface area contributed by atoms with Gasteiger partial charge in [0.2, 0.25) is 0 Å². The van der Waals surface area contributed by atoms with Gasteiger partial charge in [0.15, 0.2) is 6.29 Å². The molecule has 0 unspecified atom stereocenters. The first-order valence-electron chi connectivity index (χ1n) is 6.88. The van der Waals surface area contributed by atoms with E-state index in [1.54, 1.807) is 12.1 Å². The van der Waals surface area contributed by atoms with Crippen LogP contribution >= 0.6 is 0 Å². The Morgan fingerprint density at radius 3 is 2.87 bits per heavy atom. The first-order chi connectivity index (χ1) is 11.0. The zero-order valence-corrected chi connectivity index (χ0v) is 12.3. The summed E-state index contributed by atoms with van der Waals surface area (Å²) < 4.78 is 28.9. The standard InChI is InChI=1S/C16H15F2N3O2/c1-2-20-13-6-10(9-22)8-21-15(13)14(19)11-4-3-5-12(7-11)23-16(17)18/h3-9,16,19-20H,2H2,1H3. The Bertz CT molecular complexity index is 720. The summed E-state index contributed by atoms with van der Waals surface area (Å²) in [6.07, 6.45) is 2.02. The normalized spacial score (nSPS) is 10.4. The number of carbonyl (C=O) groups excluding carboxylic acids is 1. The number of carbonyl (C=O) groups is 1. The second kappa shape index (κ2) is 7.44. The molecule has 23 heavy (non-hydrogen) atoms. The third-order valence-corrected chi connectivity index (χ3v) is 3.00. The van der Waals surface area contributed by atoms with Crippen molar-refractivity contribution in [2.24, 2.45) is 0 Å². The number of aldehydes is 1. The fraction of sp³-hybridized carbons (Fsp3) is 0.188. The summed E-state index contributed by atoms with van der Waals surface area (Å²) in [7, 11) is 0. The van der Waals surface area contributed by atoms with Crippen LogP contribution in [0.15, 0.2) is 36.5 Å². The van der Waals surface area contributed by atoms with Crippen LogP contribution < -0.4 is 10.1 Å². The number of aromatic nitrogens is 1. The van der Waals surface area contributed by atoms with Crippen LogP contribution in [-0.4, -0.2) is 30.1 Å². The van der Waals surface area contributed by atoms with E-state index in [1.165, 1.54) is 24.4 Å². The highest BCUT2D eigenvalue weighted by Gasteiger charge is 2.14. The van der Waals surface area contributed by atoms with E-state index in [9.17, 15) is 13.6 Å². The molecular formula is C16H15F2N3O2. The molecule has 0 radical (unpaired) electrons. The molecule has 0 atom stereocenters. The summed E-state index contributed by atoms with van der Waals surface area (Å²) in [6.45, 7) is -0.474. The predicted molar refractivity (Wildman–Crippen MR) is 82.8 cm³/mol. The van der Waals surface area contributed by atoms with Gasteiger partial charge in [-0.25, -0.2) is 0 Å². The van der Waals surface area contributed by atoms with Crippen molar-refractivity contribution < 1.29 is 18.3 Å². The number of nitrogens with one attached hydrogen (secondary N) is 2. The van der Waals surface area contributed by atoms with Gasteiger partial charge < -0.3 is 10.1 Å². The van der Waals surface area contributed by atoms with Crippen molar-refractivity contribution in [1.82, 2.24) is 4.98 Å². The molecule has 0 amide bonds. The average Bonchev–Trinajstić information content (AvgIpc) is 2.54. The number of rotatable bonds is 7. The molecule has 120 valence electrons. The molecule has 2 aromatic rings. The number of anilines is 1. The third kappa shape index (κ3) is 4.09. The molecule has 0 aliphatic heterocycles. The Hall–Kier alpha value is -2.83. The maximum Gasteiger partial charge on any atom is 0.387 e. The van der Waals surface area contributed by atoms with E-state index >= 15 is 0 Å². The highest BCUT2D eigenvalue weighted by molar-refractivity contribution is 6.13. The van der Waals surface area contributed by atoms with E-state index in [4.69, 9.17) is 5.41 Å². The second-order valence-electron chi connectivity index (χ2n) is 4.59.